The highest BCUT2D eigenvalue weighted by molar-refractivity contribution is 5.41. The Morgan fingerprint density at radius 1 is 1.56 bits per heavy atom. The second-order valence-corrected chi connectivity index (χ2v) is 3.92. The van der Waals surface area contributed by atoms with Gasteiger partial charge in [0, 0.05) is 18.3 Å². The third-order valence-electron chi connectivity index (χ3n) is 2.66. The van der Waals surface area contributed by atoms with Gasteiger partial charge in [0.05, 0.1) is 0 Å². The van der Waals surface area contributed by atoms with Crippen molar-refractivity contribution in [3.8, 4) is 0 Å². The molecule has 1 heterocycles. The molecule has 6 nitrogen and oxygen atoms in total. The van der Waals surface area contributed by atoms with E-state index in [-0.39, 0.29) is 12.1 Å². The summed E-state index contributed by atoms with van der Waals surface area (Å²) in [4.78, 5) is 8.09. The highest BCUT2D eigenvalue weighted by Gasteiger charge is 2.21. The van der Waals surface area contributed by atoms with Crippen LogP contribution >= 0.6 is 0 Å². The molecule has 0 aliphatic carbocycles. The van der Waals surface area contributed by atoms with Gasteiger partial charge in [0.15, 0.2) is 0 Å². The van der Waals surface area contributed by atoms with Crippen LogP contribution in [0, 0.1) is 0 Å². The highest BCUT2D eigenvalue weighted by atomic mass is 16.3. The lowest BCUT2D eigenvalue weighted by Crippen LogP contribution is -2.35. The van der Waals surface area contributed by atoms with Gasteiger partial charge in [0.1, 0.15) is 5.82 Å². The van der Waals surface area contributed by atoms with Gasteiger partial charge in [-0.2, -0.15) is 4.98 Å². The number of aliphatic hydroxyl groups excluding tert-OH is 1. The Morgan fingerprint density at radius 3 is 2.88 bits per heavy atom. The molecule has 1 rings (SSSR count). The Kier molecular flexibility index (Phi) is 4.45. The van der Waals surface area contributed by atoms with Crippen molar-refractivity contribution in [3.63, 3.8) is 0 Å². The molecule has 0 saturated heterocycles. The van der Waals surface area contributed by atoms with E-state index in [9.17, 15) is 0 Å². The van der Waals surface area contributed by atoms with Crippen LogP contribution in [0.15, 0.2) is 12.3 Å². The summed E-state index contributed by atoms with van der Waals surface area (Å²) in [6, 6.07) is 1.77. The lowest BCUT2D eigenvalue weighted by molar-refractivity contribution is 0.252. The largest absolute Gasteiger partial charge is 0.396 e. The molecule has 0 aliphatic rings. The molecular weight excluding hydrogens is 206 g/mol. The van der Waals surface area contributed by atoms with E-state index in [2.05, 4.69) is 27.6 Å². The Labute approximate surface area is 95.3 Å². The first-order valence-corrected chi connectivity index (χ1v) is 5.32. The first-order chi connectivity index (χ1) is 7.63. The number of nitrogens with one attached hydrogen (secondary N) is 2. The molecule has 0 saturated carbocycles. The number of hydrogen-bond acceptors (Lipinski definition) is 6. The van der Waals surface area contributed by atoms with Crippen molar-refractivity contribution < 1.29 is 5.11 Å². The minimum atomic E-state index is -0.172. The Balaban J connectivity index is 2.77. The first-order valence-electron chi connectivity index (χ1n) is 5.32. The summed E-state index contributed by atoms with van der Waals surface area (Å²) in [5.74, 6) is 6.29. The molecule has 0 bridgehead atoms. The van der Waals surface area contributed by atoms with Crippen molar-refractivity contribution in [2.75, 3.05) is 17.3 Å². The van der Waals surface area contributed by atoms with Crippen LogP contribution in [-0.2, 0) is 0 Å². The van der Waals surface area contributed by atoms with E-state index in [0.29, 0.717) is 18.2 Å². The number of nitrogen functional groups attached to an aromatic ring is 1. The molecule has 6 heteroatoms. The average molecular weight is 225 g/mol. The first kappa shape index (κ1) is 12.7. The van der Waals surface area contributed by atoms with Gasteiger partial charge in [-0.15, -0.1) is 0 Å². The summed E-state index contributed by atoms with van der Waals surface area (Å²) >= 11 is 0. The van der Waals surface area contributed by atoms with Gasteiger partial charge < -0.3 is 10.4 Å². The second-order valence-electron chi connectivity index (χ2n) is 3.92. The van der Waals surface area contributed by atoms with Crippen molar-refractivity contribution in [3.05, 3.63) is 12.3 Å². The molecule has 0 aromatic carbocycles. The van der Waals surface area contributed by atoms with E-state index in [1.54, 1.807) is 12.3 Å². The van der Waals surface area contributed by atoms with E-state index < -0.39 is 0 Å². The minimum absolute atomic E-state index is 0.143. The van der Waals surface area contributed by atoms with Gasteiger partial charge in [0.2, 0.25) is 5.95 Å². The number of rotatable bonds is 6. The third kappa shape index (κ3) is 3.32. The van der Waals surface area contributed by atoms with Gasteiger partial charge in [-0.1, -0.05) is 6.92 Å². The Morgan fingerprint density at radius 2 is 2.31 bits per heavy atom. The van der Waals surface area contributed by atoms with E-state index in [1.165, 1.54) is 0 Å². The zero-order valence-electron chi connectivity index (χ0n) is 9.70. The maximum atomic E-state index is 9.01. The van der Waals surface area contributed by atoms with Crippen LogP contribution < -0.4 is 16.6 Å². The molecule has 5 N–H and O–H groups in total. The lowest BCUT2D eigenvalue weighted by Gasteiger charge is -2.29. The molecule has 0 fully saturated rings. The van der Waals surface area contributed by atoms with Crippen molar-refractivity contribution in [2.24, 2.45) is 5.84 Å². The maximum Gasteiger partial charge on any atom is 0.239 e. The topological polar surface area (TPSA) is 96.1 Å². The fraction of sp³-hybridized carbons (Fsp3) is 0.600. The van der Waals surface area contributed by atoms with Gasteiger partial charge in [-0.3, -0.25) is 5.43 Å². The lowest BCUT2D eigenvalue weighted by atomic mass is 9.95. The zero-order valence-corrected chi connectivity index (χ0v) is 9.70. The second kappa shape index (κ2) is 5.62. The quantitative estimate of drug-likeness (QED) is 0.421. The van der Waals surface area contributed by atoms with Crippen molar-refractivity contribution in [1.29, 1.82) is 0 Å². The zero-order chi connectivity index (χ0) is 12.0. The summed E-state index contributed by atoms with van der Waals surface area (Å²) in [6.07, 6.45) is 3.18. The highest BCUT2D eigenvalue weighted by Crippen LogP contribution is 2.20. The van der Waals surface area contributed by atoms with Crippen molar-refractivity contribution in [1.82, 2.24) is 9.97 Å². The smallest absolute Gasteiger partial charge is 0.239 e. The molecule has 16 heavy (non-hydrogen) atoms. The number of aliphatic hydroxyl groups is 1. The fourth-order valence-electron chi connectivity index (χ4n) is 1.38. The number of hydrazine groups is 1. The number of aromatic nitrogens is 2. The van der Waals surface area contributed by atoms with Crippen LogP contribution in [-0.4, -0.2) is 27.2 Å². The molecule has 1 aromatic heterocycles. The van der Waals surface area contributed by atoms with E-state index in [0.717, 1.165) is 6.42 Å². The molecule has 0 aliphatic heterocycles. The van der Waals surface area contributed by atoms with Crippen LogP contribution in [0.3, 0.4) is 0 Å². The van der Waals surface area contributed by atoms with Gasteiger partial charge >= 0.3 is 0 Å². The SMILES string of the molecule is CCC(C)(CCO)Nc1ccnc(NN)n1. The van der Waals surface area contributed by atoms with E-state index in [1.807, 2.05) is 6.92 Å². The monoisotopic (exact) mass is 225 g/mol. The summed E-state index contributed by atoms with van der Waals surface area (Å²) < 4.78 is 0. The summed E-state index contributed by atoms with van der Waals surface area (Å²) in [5, 5.41) is 12.3. The van der Waals surface area contributed by atoms with E-state index >= 15 is 0 Å². The van der Waals surface area contributed by atoms with Crippen LogP contribution in [0.2, 0.25) is 0 Å². The predicted octanol–water partition coefficient (Wildman–Crippen LogP) is 0.725. The van der Waals surface area contributed by atoms with Crippen LogP contribution in [0.4, 0.5) is 11.8 Å². The normalized spacial score (nSPS) is 14.2. The van der Waals surface area contributed by atoms with Crippen LogP contribution in [0.5, 0.6) is 0 Å². The molecule has 90 valence electrons. The maximum absolute atomic E-state index is 9.01. The summed E-state index contributed by atoms with van der Waals surface area (Å²) in [5.41, 5.74) is 2.22. The van der Waals surface area contributed by atoms with Crippen molar-refractivity contribution in [2.45, 2.75) is 32.2 Å². The standard InChI is InChI=1S/C10H19N5O/c1-3-10(2,5-7-16)14-8-4-6-12-9(13-8)15-11/h4,6,16H,3,5,7,11H2,1-2H3,(H2,12,13,14,15). The molecule has 0 spiro atoms. The van der Waals surface area contributed by atoms with Gasteiger partial charge in [-0.05, 0) is 25.8 Å². The Hall–Kier alpha value is -1.40. The number of anilines is 2. The third-order valence-corrected chi connectivity index (χ3v) is 2.66. The van der Waals surface area contributed by atoms with Gasteiger partial charge in [0.25, 0.3) is 0 Å². The molecule has 1 atom stereocenters. The van der Waals surface area contributed by atoms with Gasteiger partial charge in [-0.25, -0.2) is 10.8 Å². The Bertz CT molecular complexity index is 333. The number of nitrogens with two attached hydrogens (primary N) is 1. The molecular formula is C10H19N5O. The van der Waals surface area contributed by atoms with Crippen LogP contribution in [0.25, 0.3) is 0 Å². The summed E-state index contributed by atoms with van der Waals surface area (Å²) in [6.45, 7) is 4.25. The molecule has 0 radical (unpaired) electrons. The molecule has 0 amide bonds. The number of nitrogens with zero attached hydrogens (tertiary/aromatic N) is 2. The van der Waals surface area contributed by atoms with E-state index in [4.69, 9.17) is 10.9 Å². The minimum Gasteiger partial charge on any atom is -0.396 e. The molecule has 1 aromatic rings. The summed E-state index contributed by atoms with van der Waals surface area (Å²) in [7, 11) is 0. The van der Waals surface area contributed by atoms with Crippen LogP contribution in [0.1, 0.15) is 26.7 Å². The van der Waals surface area contributed by atoms with Crippen molar-refractivity contribution >= 4 is 11.8 Å². The molecule has 1 unspecified atom stereocenters. The predicted molar refractivity (Wildman–Crippen MR) is 63.9 cm³/mol. The number of hydrogen-bond donors (Lipinski definition) is 4. The average Bonchev–Trinajstić information content (AvgIpc) is 2.29. The fourth-order valence-corrected chi connectivity index (χ4v) is 1.38.